The van der Waals surface area contributed by atoms with Crippen molar-refractivity contribution in [1.29, 1.82) is 0 Å². The molecule has 0 aliphatic heterocycles. The van der Waals surface area contributed by atoms with Crippen molar-refractivity contribution in [1.82, 2.24) is 15.3 Å². The number of aromatic nitrogens is 2. The highest BCUT2D eigenvalue weighted by molar-refractivity contribution is 4.90. The fourth-order valence-electron chi connectivity index (χ4n) is 3.62. The molecule has 1 aromatic rings. The molecule has 2 aliphatic rings. The number of hydrogen-bond donors (Lipinski definition) is 2. The molecule has 1 aromatic heterocycles. The van der Waals surface area contributed by atoms with Gasteiger partial charge in [-0.3, -0.25) is 0 Å². The summed E-state index contributed by atoms with van der Waals surface area (Å²) in [4.78, 5) is 7.32. The Bertz CT molecular complexity index is 320. The van der Waals surface area contributed by atoms with Crippen LogP contribution in [0.2, 0.25) is 0 Å². The van der Waals surface area contributed by atoms with E-state index in [2.05, 4.69) is 15.3 Å². The molecule has 0 amide bonds. The van der Waals surface area contributed by atoms with E-state index in [0.717, 1.165) is 36.7 Å². The maximum absolute atomic E-state index is 4.21. The van der Waals surface area contributed by atoms with Crippen LogP contribution in [0.15, 0.2) is 12.4 Å². The van der Waals surface area contributed by atoms with Gasteiger partial charge in [-0.05, 0) is 50.0 Å². The third-order valence-corrected chi connectivity index (χ3v) is 4.42. The molecule has 0 spiro atoms. The minimum absolute atomic E-state index is 0.883. The maximum atomic E-state index is 4.21. The van der Waals surface area contributed by atoms with Crippen LogP contribution in [-0.4, -0.2) is 16.5 Å². The number of aromatic amines is 1. The first kappa shape index (κ1) is 10.3. The Balaban J connectivity index is 1.35. The Morgan fingerprint density at radius 2 is 2.38 bits per heavy atom. The lowest BCUT2D eigenvalue weighted by atomic mass is 9.86. The van der Waals surface area contributed by atoms with Gasteiger partial charge >= 0.3 is 0 Å². The number of rotatable bonds is 5. The van der Waals surface area contributed by atoms with Gasteiger partial charge in [0.25, 0.3) is 0 Å². The Kier molecular flexibility index (Phi) is 2.96. The first-order valence-electron chi connectivity index (χ1n) is 6.61. The zero-order valence-electron chi connectivity index (χ0n) is 9.78. The molecule has 1 heterocycles. The average molecular weight is 219 g/mol. The zero-order chi connectivity index (χ0) is 10.8. The topological polar surface area (TPSA) is 40.7 Å². The van der Waals surface area contributed by atoms with Gasteiger partial charge in [0.05, 0.1) is 6.54 Å². The minimum Gasteiger partial charge on any atom is -0.348 e. The van der Waals surface area contributed by atoms with Crippen molar-refractivity contribution in [2.45, 2.75) is 38.6 Å². The van der Waals surface area contributed by atoms with Crippen LogP contribution < -0.4 is 5.32 Å². The number of fused-ring (bicyclic) bond motifs is 2. The molecule has 16 heavy (non-hydrogen) atoms. The summed E-state index contributed by atoms with van der Waals surface area (Å²) in [6.07, 6.45) is 11.1. The molecule has 2 fully saturated rings. The summed E-state index contributed by atoms with van der Waals surface area (Å²) in [6.45, 7) is 2.03. The fourth-order valence-corrected chi connectivity index (χ4v) is 3.62. The molecule has 0 radical (unpaired) electrons. The van der Waals surface area contributed by atoms with Crippen LogP contribution in [0.1, 0.15) is 37.9 Å². The third kappa shape index (κ3) is 2.14. The summed E-state index contributed by atoms with van der Waals surface area (Å²) < 4.78 is 0. The Hall–Kier alpha value is -0.830. The molecule has 3 heteroatoms. The van der Waals surface area contributed by atoms with Crippen molar-refractivity contribution >= 4 is 0 Å². The van der Waals surface area contributed by atoms with E-state index in [4.69, 9.17) is 0 Å². The van der Waals surface area contributed by atoms with Gasteiger partial charge in [0, 0.05) is 12.4 Å². The van der Waals surface area contributed by atoms with Crippen molar-refractivity contribution in [3.63, 3.8) is 0 Å². The second kappa shape index (κ2) is 4.58. The van der Waals surface area contributed by atoms with Gasteiger partial charge in [-0.1, -0.05) is 6.42 Å². The average Bonchev–Trinajstić information content (AvgIpc) is 3.01. The van der Waals surface area contributed by atoms with E-state index in [1.165, 1.54) is 32.1 Å². The molecule has 88 valence electrons. The molecule has 2 N–H and O–H groups in total. The van der Waals surface area contributed by atoms with Crippen LogP contribution in [0.25, 0.3) is 0 Å². The Morgan fingerprint density at radius 3 is 3.06 bits per heavy atom. The van der Waals surface area contributed by atoms with E-state index in [9.17, 15) is 0 Å². The van der Waals surface area contributed by atoms with Crippen molar-refractivity contribution in [2.75, 3.05) is 6.54 Å². The molecule has 0 aromatic carbocycles. The van der Waals surface area contributed by atoms with Gasteiger partial charge in [-0.25, -0.2) is 4.98 Å². The van der Waals surface area contributed by atoms with E-state index >= 15 is 0 Å². The second-order valence-corrected chi connectivity index (χ2v) is 5.44. The minimum atomic E-state index is 0.883. The normalized spacial score (nSPS) is 32.4. The summed E-state index contributed by atoms with van der Waals surface area (Å²) in [5, 5.41) is 3.48. The SMILES string of the molecule is c1c[nH]c(CNCCC2CC3CCC2C3)n1. The zero-order valence-corrected chi connectivity index (χ0v) is 9.78. The molecule has 3 rings (SSSR count). The highest BCUT2D eigenvalue weighted by Gasteiger charge is 2.38. The van der Waals surface area contributed by atoms with Crippen LogP contribution in [0.4, 0.5) is 0 Å². The summed E-state index contributed by atoms with van der Waals surface area (Å²) in [5.41, 5.74) is 0. The lowest BCUT2D eigenvalue weighted by Crippen LogP contribution is -2.21. The number of H-pyrrole nitrogens is 1. The van der Waals surface area contributed by atoms with Crippen LogP contribution >= 0.6 is 0 Å². The van der Waals surface area contributed by atoms with Gasteiger partial charge in [-0.15, -0.1) is 0 Å². The summed E-state index contributed by atoms with van der Waals surface area (Å²) in [7, 11) is 0. The van der Waals surface area contributed by atoms with Gasteiger partial charge in [0.15, 0.2) is 0 Å². The molecule has 3 atom stereocenters. The van der Waals surface area contributed by atoms with Crippen LogP contribution in [0, 0.1) is 17.8 Å². The number of nitrogens with zero attached hydrogens (tertiary/aromatic N) is 1. The quantitative estimate of drug-likeness (QED) is 0.746. The molecule has 3 unspecified atom stereocenters. The summed E-state index contributed by atoms with van der Waals surface area (Å²) >= 11 is 0. The molecule has 2 aliphatic carbocycles. The first-order chi connectivity index (χ1) is 7.92. The standard InChI is InChI=1S/C13H21N3/c1-2-11-7-10(1)8-12(11)3-4-14-9-13-15-5-6-16-13/h5-6,10-12,14H,1-4,7-9H2,(H,15,16). The number of nitrogens with one attached hydrogen (secondary N) is 2. The molecular formula is C13H21N3. The number of hydrogen-bond acceptors (Lipinski definition) is 2. The van der Waals surface area contributed by atoms with Crippen LogP contribution in [0.5, 0.6) is 0 Å². The monoisotopic (exact) mass is 219 g/mol. The van der Waals surface area contributed by atoms with E-state index in [-0.39, 0.29) is 0 Å². The first-order valence-corrected chi connectivity index (χ1v) is 6.61. The van der Waals surface area contributed by atoms with Crippen molar-refractivity contribution < 1.29 is 0 Å². The fraction of sp³-hybridized carbons (Fsp3) is 0.769. The smallest absolute Gasteiger partial charge is 0.120 e. The lowest BCUT2D eigenvalue weighted by Gasteiger charge is -2.21. The largest absolute Gasteiger partial charge is 0.348 e. The van der Waals surface area contributed by atoms with Gasteiger partial charge in [0.2, 0.25) is 0 Å². The molecule has 2 saturated carbocycles. The van der Waals surface area contributed by atoms with Gasteiger partial charge < -0.3 is 10.3 Å². The van der Waals surface area contributed by atoms with E-state index in [1.54, 1.807) is 0 Å². The summed E-state index contributed by atoms with van der Waals surface area (Å²) in [6, 6.07) is 0. The van der Waals surface area contributed by atoms with Gasteiger partial charge in [-0.2, -0.15) is 0 Å². The molecule has 0 saturated heterocycles. The summed E-state index contributed by atoms with van der Waals surface area (Å²) in [5.74, 6) is 4.21. The predicted molar refractivity (Wildman–Crippen MR) is 63.8 cm³/mol. The van der Waals surface area contributed by atoms with Crippen molar-refractivity contribution in [3.8, 4) is 0 Å². The molecule has 2 bridgehead atoms. The maximum Gasteiger partial charge on any atom is 0.120 e. The van der Waals surface area contributed by atoms with Crippen LogP contribution in [-0.2, 0) is 6.54 Å². The Morgan fingerprint density at radius 1 is 1.38 bits per heavy atom. The van der Waals surface area contributed by atoms with E-state index in [1.807, 2.05) is 12.4 Å². The lowest BCUT2D eigenvalue weighted by molar-refractivity contribution is 0.310. The third-order valence-electron chi connectivity index (χ3n) is 4.42. The second-order valence-electron chi connectivity index (χ2n) is 5.44. The van der Waals surface area contributed by atoms with Crippen LogP contribution in [0.3, 0.4) is 0 Å². The van der Waals surface area contributed by atoms with E-state index in [0.29, 0.717) is 0 Å². The predicted octanol–water partition coefficient (Wildman–Crippen LogP) is 2.33. The highest BCUT2D eigenvalue weighted by atomic mass is 15.0. The van der Waals surface area contributed by atoms with Crippen molar-refractivity contribution in [3.05, 3.63) is 18.2 Å². The van der Waals surface area contributed by atoms with Gasteiger partial charge in [0.1, 0.15) is 5.82 Å². The van der Waals surface area contributed by atoms with Crippen molar-refractivity contribution in [2.24, 2.45) is 17.8 Å². The van der Waals surface area contributed by atoms with E-state index < -0.39 is 0 Å². The molecular weight excluding hydrogens is 198 g/mol. The number of imidazole rings is 1. The Labute approximate surface area is 97.0 Å². The molecule has 3 nitrogen and oxygen atoms in total. The highest BCUT2D eigenvalue weighted by Crippen LogP contribution is 2.49.